The summed E-state index contributed by atoms with van der Waals surface area (Å²) < 4.78 is 38.3. The van der Waals surface area contributed by atoms with Crippen LogP contribution in [0.2, 0.25) is 0 Å². The van der Waals surface area contributed by atoms with Crippen molar-refractivity contribution in [1.29, 1.82) is 0 Å². The second-order valence-corrected chi connectivity index (χ2v) is 6.14. The van der Waals surface area contributed by atoms with Crippen LogP contribution < -0.4 is 5.73 Å². The van der Waals surface area contributed by atoms with Crippen LogP contribution in [0.4, 0.5) is 15.8 Å². The van der Waals surface area contributed by atoms with Crippen LogP contribution in [0.15, 0.2) is 41.6 Å². The lowest BCUT2D eigenvalue weighted by atomic mass is 10.2. The number of nitrogens with zero attached hydrogens (tertiary/aromatic N) is 2. The third-order valence-corrected chi connectivity index (χ3v) is 4.48. The van der Waals surface area contributed by atoms with Gasteiger partial charge in [-0.25, -0.2) is 8.42 Å². The smallest absolute Gasteiger partial charge is 0.305 e. The number of nitro groups is 1. The van der Waals surface area contributed by atoms with E-state index in [9.17, 15) is 22.9 Å². The molecule has 1 aromatic heterocycles. The van der Waals surface area contributed by atoms with Crippen molar-refractivity contribution in [1.82, 2.24) is 4.98 Å². The summed E-state index contributed by atoms with van der Waals surface area (Å²) in [5.41, 5.74) is 4.40. The number of nitrogen functional groups attached to an aromatic ring is 1. The summed E-state index contributed by atoms with van der Waals surface area (Å²) in [6.45, 7) is 0. The number of benzene rings is 1. The lowest BCUT2D eigenvalue weighted by molar-refractivity contribution is -0.387. The Bertz CT molecular complexity index is 808. The average Bonchev–Trinajstić information content (AvgIpc) is 2.41. The van der Waals surface area contributed by atoms with Gasteiger partial charge in [-0.3, -0.25) is 15.1 Å². The van der Waals surface area contributed by atoms with Gasteiger partial charge in [0.1, 0.15) is 0 Å². The molecule has 7 nitrogen and oxygen atoms in total. The molecule has 2 aromatic rings. The summed E-state index contributed by atoms with van der Waals surface area (Å²) in [4.78, 5) is 13.2. The lowest BCUT2D eigenvalue weighted by Gasteiger charge is -2.07. The predicted octanol–water partition coefficient (Wildman–Crippen LogP) is 1.69. The zero-order valence-electron chi connectivity index (χ0n) is 10.6. The molecular formula is C12H10FN3O4S. The summed E-state index contributed by atoms with van der Waals surface area (Å²) in [6.07, 6.45) is 2.41. The Hall–Kier alpha value is -2.55. The highest BCUT2D eigenvalue weighted by atomic mass is 32.2. The summed E-state index contributed by atoms with van der Waals surface area (Å²) in [5, 5.41) is 10.7. The first kappa shape index (κ1) is 14.9. The Morgan fingerprint density at radius 3 is 2.67 bits per heavy atom. The number of pyridine rings is 1. The zero-order chi connectivity index (χ0) is 15.6. The number of nitro benzene ring substituents is 1. The van der Waals surface area contributed by atoms with Gasteiger partial charge in [0.05, 0.1) is 27.5 Å². The summed E-state index contributed by atoms with van der Waals surface area (Å²) in [6, 6.07) is 4.56. The minimum Gasteiger partial charge on any atom is -0.396 e. The van der Waals surface area contributed by atoms with Crippen molar-refractivity contribution in [3.8, 4) is 0 Å². The number of nitrogens with two attached hydrogens (primary N) is 1. The maximum atomic E-state index is 13.9. The molecule has 0 saturated carbocycles. The SMILES string of the molecule is Nc1cnccc1S(=O)(=O)Cc1cccc([N+](=O)[O-])c1F. The highest BCUT2D eigenvalue weighted by molar-refractivity contribution is 7.90. The fourth-order valence-electron chi connectivity index (χ4n) is 1.78. The monoisotopic (exact) mass is 311 g/mol. The molecule has 0 radical (unpaired) electrons. The molecule has 110 valence electrons. The molecule has 9 heteroatoms. The molecule has 0 atom stereocenters. The minimum absolute atomic E-state index is 0.0664. The fourth-order valence-corrected chi connectivity index (χ4v) is 3.25. The van der Waals surface area contributed by atoms with E-state index in [1.807, 2.05) is 0 Å². The highest BCUT2D eigenvalue weighted by Crippen LogP contribution is 2.26. The summed E-state index contributed by atoms with van der Waals surface area (Å²) in [5.74, 6) is -1.90. The first-order chi connectivity index (χ1) is 9.83. The van der Waals surface area contributed by atoms with E-state index in [2.05, 4.69) is 4.98 Å². The number of rotatable bonds is 4. The highest BCUT2D eigenvalue weighted by Gasteiger charge is 2.24. The van der Waals surface area contributed by atoms with Crippen molar-refractivity contribution in [2.75, 3.05) is 5.73 Å². The summed E-state index contributed by atoms with van der Waals surface area (Å²) >= 11 is 0. The van der Waals surface area contributed by atoms with Crippen LogP contribution in [0.5, 0.6) is 0 Å². The van der Waals surface area contributed by atoms with Crippen LogP contribution in [-0.4, -0.2) is 18.3 Å². The number of sulfone groups is 1. The van der Waals surface area contributed by atoms with Crippen LogP contribution in [0.3, 0.4) is 0 Å². The Morgan fingerprint density at radius 2 is 2.05 bits per heavy atom. The van der Waals surface area contributed by atoms with Gasteiger partial charge in [-0.2, -0.15) is 4.39 Å². The molecular weight excluding hydrogens is 301 g/mol. The second-order valence-electron chi connectivity index (χ2n) is 4.18. The first-order valence-electron chi connectivity index (χ1n) is 5.67. The quantitative estimate of drug-likeness (QED) is 0.678. The first-order valence-corrected chi connectivity index (χ1v) is 7.32. The van der Waals surface area contributed by atoms with Crippen molar-refractivity contribution in [2.45, 2.75) is 10.6 Å². The third kappa shape index (κ3) is 2.97. The zero-order valence-corrected chi connectivity index (χ0v) is 11.4. The van der Waals surface area contributed by atoms with Gasteiger partial charge >= 0.3 is 5.69 Å². The van der Waals surface area contributed by atoms with E-state index in [1.165, 1.54) is 24.4 Å². The Labute approximate surface area is 119 Å². The molecule has 0 aliphatic carbocycles. The van der Waals surface area contributed by atoms with Gasteiger partial charge in [-0.1, -0.05) is 12.1 Å². The van der Waals surface area contributed by atoms with E-state index in [0.717, 1.165) is 12.3 Å². The molecule has 21 heavy (non-hydrogen) atoms. The predicted molar refractivity (Wildman–Crippen MR) is 72.6 cm³/mol. The molecule has 2 rings (SSSR count). The van der Waals surface area contributed by atoms with Crippen molar-refractivity contribution >= 4 is 21.2 Å². The Morgan fingerprint density at radius 1 is 1.33 bits per heavy atom. The molecule has 0 amide bonds. The third-order valence-electron chi connectivity index (χ3n) is 2.75. The maximum absolute atomic E-state index is 13.9. The number of hydrogen-bond donors (Lipinski definition) is 1. The molecule has 0 spiro atoms. The minimum atomic E-state index is -3.94. The number of aromatic nitrogens is 1. The van der Waals surface area contributed by atoms with Crippen LogP contribution in [0, 0.1) is 15.9 Å². The molecule has 0 unspecified atom stereocenters. The topological polar surface area (TPSA) is 116 Å². The van der Waals surface area contributed by atoms with Crippen LogP contribution in [0.1, 0.15) is 5.56 Å². The maximum Gasteiger partial charge on any atom is 0.305 e. The van der Waals surface area contributed by atoms with Gasteiger partial charge in [-0.05, 0) is 6.07 Å². The van der Waals surface area contributed by atoms with Gasteiger partial charge in [-0.15, -0.1) is 0 Å². The van der Waals surface area contributed by atoms with Crippen molar-refractivity contribution in [3.63, 3.8) is 0 Å². The van der Waals surface area contributed by atoms with Gasteiger partial charge in [0, 0.05) is 17.8 Å². The van der Waals surface area contributed by atoms with Gasteiger partial charge in [0.15, 0.2) is 9.84 Å². The average molecular weight is 311 g/mol. The lowest BCUT2D eigenvalue weighted by Crippen LogP contribution is -2.10. The second kappa shape index (κ2) is 5.44. The van der Waals surface area contributed by atoms with Crippen LogP contribution in [0.25, 0.3) is 0 Å². The Balaban J connectivity index is 2.45. The molecule has 0 saturated heterocycles. The molecule has 2 N–H and O–H groups in total. The van der Waals surface area contributed by atoms with Crippen LogP contribution in [-0.2, 0) is 15.6 Å². The van der Waals surface area contributed by atoms with Gasteiger partial charge in [0.2, 0.25) is 5.82 Å². The van der Waals surface area contributed by atoms with E-state index < -0.39 is 32.0 Å². The normalized spacial score (nSPS) is 11.3. The van der Waals surface area contributed by atoms with Crippen molar-refractivity contribution in [3.05, 3.63) is 58.2 Å². The van der Waals surface area contributed by atoms with E-state index in [1.54, 1.807) is 0 Å². The molecule has 1 aromatic carbocycles. The standard InChI is InChI=1S/C12H10FN3O4S/c13-12-8(2-1-3-10(12)16(17)18)7-21(19,20)11-4-5-15-6-9(11)14/h1-6H,7,14H2. The fraction of sp³-hybridized carbons (Fsp3) is 0.0833. The van der Waals surface area contributed by atoms with E-state index in [0.29, 0.717) is 0 Å². The van der Waals surface area contributed by atoms with Crippen molar-refractivity contribution in [2.24, 2.45) is 0 Å². The van der Waals surface area contributed by atoms with E-state index in [-0.39, 0.29) is 16.1 Å². The van der Waals surface area contributed by atoms with E-state index in [4.69, 9.17) is 5.73 Å². The summed E-state index contributed by atoms with van der Waals surface area (Å²) in [7, 11) is -3.94. The largest absolute Gasteiger partial charge is 0.396 e. The van der Waals surface area contributed by atoms with E-state index >= 15 is 0 Å². The molecule has 0 aliphatic heterocycles. The molecule has 0 fully saturated rings. The molecule has 0 bridgehead atoms. The number of anilines is 1. The number of halogens is 1. The van der Waals surface area contributed by atoms with Crippen LogP contribution >= 0.6 is 0 Å². The van der Waals surface area contributed by atoms with Crippen molar-refractivity contribution < 1.29 is 17.7 Å². The number of hydrogen-bond acceptors (Lipinski definition) is 6. The molecule has 0 aliphatic rings. The van der Waals surface area contributed by atoms with Gasteiger partial charge in [0.25, 0.3) is 0 Å². The molecule has 1 heterocycles. The Kier molecular flexibility index (Phi) is 3.85. The van der Waals surface area contributed by atoms with Gasteiger partial charge < -0.3 is 5.73 Å².